The summed E-state index contributed by atoms with van der Waals surface area (Å²) in [4.78, 5) is 3.66. The number of benzene rings is 1. The summed E-state index contributed by atoms with van der Waals surface area (Å²) in [6.45, 7) is 1.90. The van der Waals surface area contributed by atoms with Crippen LogP contribution in [-0.2, 0) is 17.1 Å². The summed E-state index contributed by atoms with van der Waals surface area (Å²) in [5.74, 6) is 0. The lowest BCUT2D eigenvalue weighted by atomic mass is 10.0. The molecule has 24 heavy (non-hydrogen) atoms. The highest BCUT2D eigenvalue weighted by Gasteiger charge is 2.23. The van der Waals surface area contributed by atoms with Gasteiger partial charge in [-0.25, -0.2) is 13.1 Å². The number of aliphatic hydroxyl groups is 1. The van der Waals surface area contributed by atoms with Crippen molar-refractivity contribution in [1.29, 1.82) is 0 Å². The highest BCUT2D eigenvalue weighted by atomic mass is 32.2. The normalized spacial score (nSPS) is 19.8. The van der Waals surface area contributed by atoms with Gasteiger partial charge >= 0.3 is 0 Å². The van der Waals surface area contributed by atoms with Gasteiger partial charge in [-0.3, -0.25) is 4.90 Å². The van der Waals surface area contributed by atoms with Crippen molar-refractivity contribution in [2.45, 2.75) is 30.2 Å². The molecule has 0 saturated carbocycles. The molecule has 1 aromatic heterocycles. The third-order valence-corrected chi connectivity index (χ3v) is 5.91. The van der Waals surface area contributed by atoms with E-state index < -0.39 is 10.0 Å². The fraction of sp³-hybridized carbons (Fsp3) is 0.600. The number of piperidine rings is 1. The fourth-order valence-electron chi connectivity index (χ4n) is 3.19. The van der Waals surface area contributed by atoms with Gasteiger partial charge in [0.05, 0.1) is 6.61 Å². The molecule has 1 fully saturated rings. The maximum Gasteiger partial charge on any atom is 0.242 e. The van der Waals surface area contributed by atoms with E-state index in [1.807, 2.05) is 0 Å². The molecule has 132 valence electrons. The predicted molar refractivity (Wildman–Crippen MR) is 90.0 cm³/mol. The Kier molecular flexibility index (Phi) is 5.14. The van der Waals surface area contributed by atoms with Crippen molar-refractivity contribution in [3.05, 3.63) is 18.2 Å². The molecule has 3 rings (SSSR count). The molecule has 0 amide bonds. The van der Waals surface area contributed by atoms with E-state index in [9.17, 15) is 13.5 Å². The third-order valence-electron chi connectivity index (χ3n) is 4.42. The molecular weight excluding hydrogens is 330 g/mol. The summed E-state index contributed by atoms with van der Waals surface area (Å²) in [5, 5.41) is 17.7. The molecule has 2 N–H and O–H groups in total. The number of fused-ring (bicyclic) bond motifs is 1. The number of aliphatic hydroxyl groups excluding tert-OH is 1. The van der Waals surface area contributed by atoms with Gasteiger partial charge in [-0.05, 0) is 31.5 Å². The third kappa shape index (κ3) is 3.59. The summed E-state index contributed by atoms with van der Waals surface area (Å²) in [7, 11) is -1.99. The first-order valence-electron chi connectivity index (χ1n) is 8.16. The molecular formula is C15H23N5O3S. The van der Waals surface area contributed by atoms with Gasteiger partial charge in [0.25, 0.3) is 0 Å². The number of nitrogens with zero attached hydrogens (tertiary/aromatic N) is 4. The molecule has 2 aromatic rings. The zero-order valence-corrected chi connectivity index (χ0v) is 14.5. The molecule has 8 nitrogen and oxygen atoms in total. The Morgan fingerprint density at radius 1 is 1.33 bits per heavy atom. The summed E-state index contributed by atoms with van der Waals surface area (Å²) in [6, 6.07) is 5.07. The number of hydrogen-bond acceptors (Lipinski definition) is 6. The maximum absolute atomic E-state index is 12.6. The van der Waals surface area contributed by atoms with Crippen LogP contribution < -0.4 is 4.72 Å². The molecule has 2 heterocycles. The molecule has 0 radical (unpaired) electrons. The molecule has 1 aliphatic heterocycles. The van der Waals surface area contributed by atoms with Crippen LogP contribution in [0.25, 0.3) is 11.0 Å². The van der Waals surface area contributed by atoms with Crippen molar-refractivity contribution < 1.29 is 13.5 Å². The van der Waals surface area contributed by atoms with Crippen molar-refractivity contribution in [2.24, 2.45) is 7.05 Å². The van der Waals surface area contributed by atoms with Crippen molar-refractivity contribution in [3.63, 3.8) is 0 Å². The van der Waals surface area contributed by atoms with E-state index in [-0.39, 0.29) is 17.5 Å². The largest absolute Gasteiger partial charge is 0.395 e. The quantitative estimate of drug-likeness (QED) is 0.764. The van der Waals surface area contributed by atoms with E-state index in [4.69, 9.17) is 0 Å². The summed E-state index contributed by atoms with van der Waals surface area (Å²) in [6.07, 6.45) is 3.16. The highest BCUT2D eigenvalue weighted by molar-refractivity contribution is 7.89. The molecule has 0 bridgehead atoms. The van der Waals surface area contributed by atoms with Crippen LogP contribution in [0.5, 0.6) is 0 Å². The second kappa shape index (κ2) is 7.14. The lowest BCUT2D eigenvalue weighted by molar-refractivity contribution is 0.0923. The van der Waals surface area contributed by atoms with Gasteiger partial charge in [-0.1, -0.05) is 12.5 Å². The Hall–Kier alpha value is -1.55. The predicted octanol–water partition coefficient (Wildman–Crippen LogP) is 0.0934. The Bertz CT molecular complexity index is 805. The first-order chi connectivity index (χ1) is 11.5. The van der Waals surface area contributed by atoms with Gasteiger partial charge in [0, 0.05) is 26.2 Å². The van der Waals surface area contributed by atoms with Gasteiger partial charge in [-0.2, -0.15) is 15.0 Å². The number of aryl methyl sites for hydroxylation is 1. The standard InChI is InChI=1S/C15H23N5O3S/c1-19-17-13-6-4-7-14(15(13)18-19)24(22,23)16-8-10-20-9-3-2-5-12(20)11-21/h4,6-7,12,16,21H,2-3,5,8-11H2,1H3/t12-/m0/s1. The topological polar surface area (TPSA) is 100 Å². The van der Waals surface area contributed by atoms with Crippen molar-refractivity contribution in [1.82, 2.24) is 24.6 Å². The average Bonchev–Trinajstić information content (AvgIpc) is 2.95. The molecule has 1 saturated heterocycles. The van der Waals surface area contributed by atoms with Crippen LogP contribution in [0.2, 0.25) is 0 Å². The van der Waals surface area contributed by atoms with Crippen LogP contribution in [0.4, 0.5) is 0 Å². The first-order valence-corrected chi connectivity index (χ1v) is 9.64. The van der Waals surface area contributed by atoms with Gasteiger partial charge < -0.3 is 5.11 Å². The molecule has 9 heteroatoms. The Morgan fingerprint density at radius 3 is 2.96 bits per heavy atom. The lowest BCUT2D eigenvalue weighted by Crippen LogP contribution is -2.45. The number of hydrogen-bond donors (Lipinski definition) is 2. The lowest BCUT2D eigenvalue weighted by Gasteiger charge is -2.34. The molecule has 1 aliphatic rings. The fourth-order valence-corrected chi connectivity index (χ4v) is 4.37. The highest BCUT2D eigenvalue weighted by Crippen LogP contribution is 2.19. The number of sulfonamides is 1. The second-order valence-electron chi connectivity index (χ2n) is 6.08. The first kappa shape index (κ1) is 17.3. The monoisotopic (exact) mass is 353 g/mol. The van der Waals surface area contributed by atoms with E-state index >= 15 is 0 Å². The Morgan fingerprint density at radius 2 is 2.17 bits per heavy atom. The van der Waals surface area contributed by atoms with Crippen LogP contribution in [0.3, 0.4) is 0 Å². The van der Waals surface area contributed by atoms with E-state index in [1.165, 1.54) is 10.9 Å². The van der Waals surface area contributed by atoms with Crippen molar-refractivity contribution in [2.75, 3.05) is 26.2 Å². The molecule has 0 aliphatic carbocycles. The van der Waals surface area contributed by atoms with Crippen LogP contribution in [0, 0.1) is 0 Å². The van der Waals surface area contributed by atoms with E-state index in [2.05, 4.69) is 19.8 Å². The minimum atomic E-state index is -3.65. The Balaban J connectivity index is 1.69. The van der Waals surface area contributed by atoms with Crippen molar-refractivity contribution >= 4 is 21.1 Å². The van der Waals surface area contributed by atoms with E-state index in [0.717, 1.165) is 25.8 Å². The van der Waals surface area contributed by atoms with Crippen LogP contribution in [0.1, 0.15) is 19.3 Å². The summed E-state index contributed by atoms with van der Waals surface area (Å²) >= 11 is 0. The van der Waals surface area contributed by atoms with Crippen LogP contribution in [-0.4, -0.2) is 65.7 Å². The van der Waals surface area contributed by atoms with Gasteiger partial charge in [0.2, 0.25) is 10.0 Å². The summed E-state index contributed by atoms with van der Waals surface area (Å²) < 4.78 is 27.8. The molecule has 0 spiro atoms. The molecule has 1 atom stereocenters. The smallest absolute Gasteiger partial charge is 0.242 e. The number of likely N-dealkylation sites (tertiary alicyclic amines) is 1. The van der Waals surface area contributed by atoms with Gasteiger partial charge in [0.1, 0.15) is 15.9 Å². The van der Waals surface area contributed by atoms with Gasteiger partial charge in [0.15, 0.2) is 0 Å². The minimum absolute atomic E-state index is 0.117. The molecule has 0 unspecified atom stereocenters. The summed E-state index contributed by atoms with van der Waals surface area (Å²) in [5.41, 5.74) is 0.926. The van der Waals surface area contributed by atoms with Crippen LogP contribution >= 0.6 is 0 Å². The molecule has 1 aromatic carbocycles. The van der Waals surface area contributed by atoms with E-state index in [0.29, 0.717) is 24.1 Å². The van der Waals surface area contributed by atoms with Crippen LogP contribution in [0.15, 0.2) is 23.1 Å². The zero-order valence-electron chi connectivity index (χ0n) is 13.7. The SMILES string of the molecule is Cn1nc2cccc(S(=O)(=O)NCCN3CCCC[C@H]3CO)c2n1. The number of nitrogens with one attached hydrogen (secondary N) is 1. The Labute approximate surface area is 141 Å². The number of aromatic nitrogens is 3. The second-order valence-corrected chi connectivity index (χ2v) is 7.81. The zero-order chi connectivity index (χ0) is 17.2. The van der Waals surface area contributed by atoms with Gasteiger partial charge in [-0.15, -0.1) is 0 Å². The maximum atomic E-state index is 12.6. The number of rotatable bonds is 6. The minimum Gasteiger partial charge on any atom is -0.395 e. The average molecular weight is 353 g/mol. The van der Waals surface area contributed by atoms with Crippen molar-refractivity contribution in [3.8, 4) is 0 Å². The van der Waals surface area contributed by atoms with E-state index in [1.54, 1.807) is 19.2 Å².